The van der Waals surface area contributed by atoms with Gasteiger partial charge in [0.05, 0.1) is 32.0 Å². The predicted molar refractivity (Wildman–Crippen MR) is 295 cm³/mol. The molecule has 0 aromatic heterocycles. The van der Waals surface area contributed by atoms with Gasteiger partial charge in [-0.25, -0.2) is 0 Å². The lowest BCUT2D eigenvalue weighted by Gasteiger charge is -2.46. The first kappa shape index (κ1) is 67.3. The van der Waals surface area contributed by atoms with Crippen molar-refractivity contribution in [3.8, 4) is 0 Å². The quantitative estimate of drug-likeness (QED) is 0.0205. The van der Waals surface area contributed by atoms with Gasteiger partial charge in [-0.1, -0.05) is 189 Å². The van der Waals surface area contributed by atoms with Crippen LogP contribution in [0.15, 0.2) is 85.1 Å². The second-order valence-corrected chi connectivity index (χ2v) is 20.0. The molecule has 2 saturated heterocycles. The fourth-order valence-electron chi connectivity index (χ4n) is 8.90. The molecule has 9 N–H and O–H groups in total. The van der Waals surface area contributed by atoms with Gasteiger partial charge in [0, 0.05) is 6.42 Å². The summed E-state index contributed by atoms with van der Waals surface area (Å²) < 4.78 is 22.7. The molecular weight excluding hydrogens is 943 g/mol. The van der Waals surface area contributed by atoms with Gasteiger partial charge in [0.2, 0.25) is 5.91 Å². The molecule has 2 rings (SSSR count). The maximum absolute atomic E-state index is 13.2. The minimum absolute atomic E-state index is 0.256. The molecule has 12 unspecified atom stereocenters. The van der Waals surface area contributed by atoms with Crippen LogP contribution < -0.4 is 5.32 Å². The Morgan fingerprint density at radius 3 is 1.49 bits per heavy atom. The topological polar surface area (TPSA) is 228 Å². The number of aliphatic hydroxyl groups excluding tert-OH is 8. The molecule has 1 amide bonds. The van der Waals surface area contributed by atoms with Gasteiger partial charge in [0.15, 0.2) is 12.6 Å². The molecule has 0 aliphatic carbocycles. The zero-order valence-electron chi connectivity index (χ0n) is 45.6. The van der Waals surface area contributed by atoms with Crippen LogP contribution in [-0.2, 0) is 23.7 Å². The number of carbonyl (C=O) groups excluding carboxylic acids is 1. The summed E-state index contributed by atoms with van der Waals surface area (Å²) in [6.45, 7) is 2.64. The van der Waals surface area contributed by atoms with Gasteiger partial charge in [-0.05, 0) is 83.5 Å². The molecule has 14 heteroatoms. The van der Waals surface area contributed by atoms with Crippen molar-refractivity contribution in [1.29, 1.82) is 0 Å². The lowest BCUT2D eigenvalue weighted by Crippen LogP contribution is -2.65. The van der Waals surface area contributed by atoms with Gasteiger partial charge in [0.1, 0.15) is 48.8 Å². The molecule has 0 aromatic rings. The molecule has 0 spiro atoms. The Labute approximate surface area is 446 Å². The van der Waals surface area contributed by atoms with E-state index in [1.54, 1.807) is 6.08 Å². The molecule has 0 saturated carbocycles. The van der Waals surface area contributed by atoms with E-state index in [0.717, 1.165) is 83.5 Å². The Kier molecular flexibility index (Phi) is 41.1. The van der Waals surface area contributed by atoms with Gasteiger partial charge in [-0.3, -0.25) is 4.79 Å². The Bertz CT molecular complexity index is 1560. The molecule has 14 nitrogen and oxygen atoms in total. The zero-order valence-corrected chi connectivity index (χ0v) is 45.6. The van der Waals surface area contributed by atoms with Gasteiger partial charge in [-0.15, -0.1) is 0 Å². The zero-order chi connectivity index (χ0) is 53.9. The highest BCUT2D eigenvalue weighted by Crippen LogP contribution is 2.30. The van der Waals surface area contributed by atoms with Crippen molar-refractivity contribution in [1.82, 2.24) is 5.32 Å². The third-order valence-electron chi connectivity index (χ3n) is 13.5. The van der Waals surface area contributed by atoms with E-state index in [0.29, 0.717) is 12.8 Å². The molecule has 74 heavy (non-hydrogen) atoms. The summed E-state index contributed by atoms with van der Waals surface area (Å²) in [7, 11) is 0. The van der Waals surface area contributed by atoms with Crippen molar-refractivity contribution in [3.05, 3.63) is 85.1 Å². The van der Waals surface area contributed by atoms with Crippen LogP contribution in [0.2, 0.25) is 0 Å². The molecule has 426 valence electrons. The molecule has 0 aromatic carbocycles. The summed E-state index contributed by atoms with van der Waals surface area (Å²) in [4.78, 5) is 13.2. The molecule has 0 bridgehead atoms. The Morgan fingerprint density at radius 2 is 0.946 bits per heavy atom. The van der Waals surface area contributed by atoms with Crippen molar-refractivity contribution >= 4 is 5.91 Å². The fourth-order valence-corrected chi connectivity index (χ4v) is 8.90. The number of rotatable bonds is 44. The summed E-state index contributed by atoms with van der Waals surface area (Å²) in [6, 6.07) is -0.947. The highest BCUT2D eigenvalue weighted by molar-refractivity contribution is 5.76. The lowest BCUT2D eigenvalue weighted by molar-refractivity contribution is -0.359. The van der Waals surface area contributed by atoms with Crippen LogP contribution in [0.25, 0.3) is 0 Å². The lowest BCUT2D eigenvalue weighted by atomic mass is 9.97. The molecule has 2 heterocycles. The second kappa shape index (κ2) is 45.2. The van der Waals surface area contributed by atoms with Crippen LogP contribution >= 0.6 is 0 Å². The molecule has 12 atom stereocenters. The van der Waals surface area contributed by atoms with E-state index in [2.05, 4.69) is 92.1 Å². The number of ether oxygens (including phenoxy) is 4. The number of hydrogen-bond donors (Lipinski definition) is 9. The standard InChI is InChI=1S/C60H103NO13/c1-3-5-7-9-11-13-15-17-19-21-23-24-26-28-30-32-34-36-38-40-42-44-52(65)61-48(49(64)43-41-39-37-35-33-31-29-27-25-22-20-18-16-14-12-10-8-6-4-2)47-71-59-57(70)55(68)58(51(46-63)73-59)74-60-56(69)54(67)53(66)50(45-62)72-60/h5,7,11,13,17,19,23-25,27,33,35,41,43,48-51,53-60,62-64,66-70H,3-4,6,8-10,12,14-16,18,20-22,26,28-32,34,36-40,42,44-47H2,1-2H3,(H,61,65)/b7-5-,13-11-,19-17-,24-23-,27-25+,35-33+,43-41+. The number of aliphatic hydroxyl groups is 8. The molecule has 0 radical (unpaired) electrons. The van der Waals surface area contributed by atoms with Crippen molar-refractivity contribution in [3.63, 3.8) is 0 Å². The van der Waals surface area contributed by atoms with Crippen LogP contribution in [0.5, 0.6) is 0 Å². The first-order valence-corrected chi connectivity index (χ1v) is 28.8. The smallest absolute Gasteiger partial charge is 0.220 e. The van der Waals surface area contributed by atoms with Crippen molar-refractivity contribution in [2.75, 3.05) is 19.8 Å². The van der Waals surface area contributed by atoms with Gasteiger partial charge in [-0.2, -0.15) is 0 Å². The van der Waals surface area contributed by atoms with E-state index >= 15 is 0 Å². The number of hydrogen-bond acceptors (Lipinski definition) is 13. The molecule has 2 aliphatic heterocycles. The molecular formula is C60H103NO13. The number of unbranched alkanes of at least 4 members (excludes halogenated alkanes) is 19. The second-order valence-electron chi connectivity index (χ2n) is 20.0. The number of nitrogens with one attached hydrogen (secondary N) is 1. The SMILES string of the molecule is CC/C=C\C/C=C\C/C=C\C/C=C\CCCCCCCCCCC(=O)NC(COC1OC(CO)C(OC2OC(CO)C(O)C(O)C2O)C(O)C1O)C(O)/C=C/CC/C=C/CC/C=C/CCCCCCCCCCC. The fraction of sp³-hybridized carbons (Fsp3) is 0.750. The Hall–Kier alpha value is -2.83. The van der Waals surface area contributed by atoms with Crippen molar-refractivity contribution in [2.45, 2.75) is 267 Å². The summed E-state index contributed by atoms with van der Waals surface area (Å²) in [5.41, 5.74) is 0. The predicted octanol–water partition coefficient (Wildman–Crippen LogP) is 9.33. The first-order chi connectivity index (χ1) is 36.1. The monoisotopic (exact) mass is 1050 g/mol. The summed E-state index contributed by atoms with van der Waals surface area (Å²) in [5.74, 6) is -0.265. The van der Waals surface area contributed by atoms with E-state index in [-0.39, 0.29) is 18.9 Å². The maximum Gasteiger partial charge on any atom is 0.220 e. The van der Waals surface area contributed by atoms with Gasteiger partial charge < -0.3 is 65.1 Å². The van der Waals surface area contributed by atoms with Crippen LogP contribution in [0.1, 0.15) is 194 Å². The summed E-state index contributed by atoms with van der Waals surface area (Å²) >= 11 is 0. The summed E-state index contributed by atoms with van der Waals surface area (Å²) in [5, 5.41) is 87.0. The van der Waals surface area contributed by atoms with E-state index in [9.17, 15) is 45.6 Å². The number of amides is 1. The molecule has 2 aliphatic rings. The van der Waals surface area contributed by atoms with E-state index in [4.69, 9.17) is 18.9 Å². The highest BCUT2D eigenvalue weighted by atomic mass is 16.7. The van der Waals surface area contributed by atoms with Crippen LogP contribution in [-0.4, -0.2) is 140 Å². The van der Waals surface area contributed by atoms with Crippen LogP contribution in [0, 0.1) is 0 Å². The highest BCUT2D eigenvalue weighted by Gasteiger charge is 2.51. The average molecular weight is 1050 g/mol. The number of carbonyl (C=O) groups is 1. The normalized spacial score (nSPS) is 25.9. The Balaban J connectivity index is 1.82. The van der Waals surface area contributed by atoms with Crippen LogP contribution in [0.3, 0.4) is 0 Å². The summed E-state index contributed by atoms with van der Waals surface area (Å²) in [6.07, 6.45) is 43.3. The first-order valence-electron chi connectivity index (χ1n) is 28.8. The third-order valence-corrected chi connectivity index (χ3v) is 13.5. The average Bonchev–Trinajstić information content (AvgIpc) is 3.40. The third kappa shape index (κ3) is 30.8. The Morgan fingerprint density at radius 1 is 0.500 bits per heavy atom. The molecule has 2 fully saturated rings. The van der Waals surface area contributed by atoms with Gasteiger partial charge in [0.25, 0.3) is 0 Å². The van der Waals surface area contributed by atoms with E-state index < -0.39 is 86.8 Å². The largest absolute Gasteiger partial charge is 0.394 e. The number of allylic oxidation sites excluding steroid dienone is 13. The van der Waals surface area contributed by atoms with Crippen molar-refractivity contribution in [2.24, 2.45) is 0 Å². The van der Waals surface area contributed by atoms with Crippen molar-refractivity contribution < 1.29 is 64.6 Å². The van der Waals surface area contributed by atoms with Gasteiger partial charge >= 0.3 is 0 Å². The van der Waals surface area contributed by atoms with E-state index in [1.807, 2.05) is 6.08 Å². The van der Waals surface area contributed by atoms with E-state index in [1.165, 1.54) is 77.0 Å². The minimum atomic E-state index is -1.80. The van der Waals surface area contributed by atoms with Crippen LogP contribution in [0.4, 0.5) is 0 Å². The minimum Gasteiger partial charge on any atom is -0.394 e. The maximum atomic E-state index is 13.2.